The molecule has 2 rings (SSSR count). The topological polar surface area (TPSA) is 38.2 Å². The van der Waals surface area contributed by atoms with Gasteiger partial charge in [-0.2, -0.15) is 0 Å². The monoisotopic (exact) mass is 218 g/mol. The van der Waals surface area contributed by atoms with Crippen molar-refractivity contribution in [1.82, 2.24) is 6.15 Å². The molecule has 0 spiro atoms. The summed E-state index contributed by atoms with van der Waals surface area (Å²) >= 11 is 0. The highest BCUT2D eigenvalue weighted by molar-refractivity contribution is 5.54. The molecule has 0 unspecified atom stereocenters. The van der Waals surface area contributed by atoms with Crippen molar-refractivity contribution in [3.8, 4) is 0 Å². The summed E-state index contributed by atoms with van der Waals surface area (Å²) in [4.78, 5) is 2.52. The number of allylic oxidation sites excluding steroid dienone is 1. The molecule has 1 aromatic rings. The lowest BCUT2D eigenvalue weighted by molar-refractivity contribution is 0.577. The van der Waals surface area contributed by atoms with Gasteiger partial charge in [0.2, 0.25) is 0 Å². The van der Waals surface area contributed by atoms with E-state index in [1.165, 1.54) is 43.6 Å². The Bertz CT molecular complexity index is 327. The number of para-hydroxylation sites is 1. The lowest BCUT2D eigenvalue weighted by Gasteiger charge is -2.30. The Morgan fingerprint density at radius 1 is 1.12 bits per heavy atom. The minimum absolute atomic E-state index is 0. The minimum Gasteiger partial charge on any atom is -0.371 e. The van der Waals surface area contributed by atoms with E-state index in [2.05, 4.69) is 35.7 Å². The highest BCUT2D eigenvalue weighted by atomic mass is 15.1. The van der Waals surface area contributed by atoms with E-state index in [0.717, 1.165) is 6.42 Å². The molecule has 16 heavy (non-hydrogen) atoms. The van der Waals surface area contributed by atoms with Gasteiger partial charge in [-0.1, -0.05) is 24.3 Å². The molecular formula is C14H22N2. The Morgan fingerprint density at radius 3 is 2.50 bits per heavy atom. The molecule has 1 aromatic carbocycles. The molecule has 0 aromatic heterocycles. The predicted molar refractivity (Wildman–Crippen MR) is 71.4 cm³/mol. The summed E-state index contributed by atoms with van der Waals surface area (Å²) in [5.41, 5.74) is 2.83. The molecule has 2 nitrogen and oxygen atoms in total. The molecule has 1 fully saturated rings. The summed E-state index contributed by atoms with van der Waals surface area (Å²) < 4.78 is 0. The molecule has 0 atom stereocenters. The maximum absolute atomic E-state index is 3.82. The zero-order valence-electron chi connectivity index (χ0n) is 9.99. The van der Waals surface area contributed by atoms with Crippen LogP contribution < -0.4 is 11.1 Å². The van der Waals surface area contributed by atoms with Gasteiger partial charge in [0.1, 0.15) is 0 Å². The molecule has 1 saturated heterocycles. The van der Waals surface area contributed by atoms with Crippen LogP contribution >= 0.6 is 0 Å². The van der Waals surface area contributed by atoms with E-state index in [4.69, 9.17) is 0 Å². The third-order valence-electron chi connectivity index (χ3n) is 3.05. The van der Waals surface area contributed by atoms with E-state index in [-0.39, 0.29) is 6.15 Å². The number of piperidine rings is 1. The Hall–Kier alpha value is -1.28. The molecule has 1 aliphatic rings. The third kappa shape index (κ3) is 2.86. The maximum Gasteiger partial charge on any atom is 0.0401 e. The molecule has 0 amide bonds. The average molecular weight is 218 g/mol. The molecule has 0 aliphatic carbocycles. The second-order valence-electron chi connectivity index (χ2n) is 4.17. The van der Waals surface area contributed by atoms with Crippen molar-refractivity contribution in [1.29, 1.82) is 0 Å². The Balaban J connectivity index is 0.00000128. The lowest BCUT2D eigenvalue weighted by atomic mass is 10.1. The van der Waals surface area contributed by atoms with Gasteiger partial charge in [0.25, 0.3) is 0 Å². The number of anilines is 1. The predicted octanol–water partition coefficient (Wildman–Crippen LogP) is 3.57. The van der Waals surface area contributed by atoms with Crippen LogP contribution in [0, 0.1) is 0 Å². The molecule has 88 valence electrons. The van der Waals surface area contributed by atoms with E-state index >= 15 is 0 Å². The van der Waals surface area contributed by atoms with Gasteiger partial charge in [-0.3, -0.25) is 0 Å². The summed E-state index contributed by atoms with van der Waals surface area (Å²) in [6.07, 6.45) is 7.03. The summed E-state index contributed by atoms with van der Waals surface area (Å²) in [5, 5.41) is 0. The number of hydrogen-bond donors (Lipinski definition) is 1. The average Bonchev–Trinajstić information content (AvgIpc) is 2.31. The van der Waals surface area contributed by atoms with Gasteiger partial charge >= 0.3 is 0 Å². The molecule has 3 N–H and O–H groups in total. The van der Waals surface area contributed by atoms with Gasteiger partial charge in [-0.05, 0) is 37.3 Å². The first-order valence-electron chi connectivity index (χ1n) is 5.85. The van der Waals surface area contributed by atoms with Crippen molar-refractivity contribution in [3.05, 3.63) is 42.5 Å². The molecule has 1 heterocycles. The van der Waals surface area contributed by atoms with Crippen molar-refractivity contribution in [2.24, 2.45) is 0 Å². The van der Waals surface area contributed by atoms with Gasteiger partial charge in [-0.15, -0.1) is 6.58 Å². The maximum atomic E-state index is 3.82. The molecular weight excluding hydrogens is 196 g/mol. The minimum atomic E-state index is 0. The van der Waals surface area contributed by atoms with Crippen LogP contribution in [0.1, 0.15) is 24.8 Å². The summed E-state index contributed by atoms with van der Waals surface area (Å²) in [7, 11) is 0. The zero-order chi connectivity index (χ0) is 10.5. The Morgan fingerprint density at radius 2 is 1.81 bits per heavy atom. The Labute approximate surface area is 98.6 Å². The van der Waals surface area contributed by atoms with Crippen LogP contribution in [0.25, 0.3) is 0 Å². The summed E-state index contributed by atoms with van der Waals surface area (Å²) in [6, 6.07) is 8.71. The van der Waals surface area contributed by atoms with Gasteiger partial charge < -0.3 is 11.1 Å². The second kappa shape index (κ2) is 6.33. The van der Waals surface area contributed by atoms with E-state index in [9.17, 15) is 0 Å². The number of hydrogen-bond acceptors (Lipinski definition) is 2. The number of nitrogens with zero attached hydrogens (tertiary/aromatic N) is 1. The van der Waals surface area contributed by atoms with Crippen molar-refractivity contribution in [2.45, 2.75) is 25.7 Å². The standard InChI is InChI=1S/C14H19N.H3N/c1-2-8-13-9-4-5-10-14(13)15-11-6-3-7-12-15;/h2,4-5,9-10H,1,3,6-8,11-12H2;1H3. The van der Waals surface area contributed by atoms with Crippen LogP contribution in [0.2, 0.25) is 0 Å². The lowest BCUT2D eigenvalue weighted by Crippen LogP contribution is -2.30. The van der Waals surface area contributed by atoms with Crippen LogP contribution in [-0.4, -0.2) is 13.1 Å². The quantitative estimate of drug-likeness (QED) is 0.788. The highest BCUT2D eigenvalue weighted by Gasteiger charge is 2.12. The van der Waals surface area contributed by atoms with Crippen LogP contribution in [0.5, 0.6) is 0 Å². The zero-order valence-corrected chi connectivity index (χ0v) is 9.99. The van der Waals surface area contributed by atoms with E-state index in [1.807, 2.05) is 6.08 Å². The number of rotatable bonds is 3. The Kier molecular flexibility index (Phi) is 5.06. The van der Waals surface area contributed by atoms with Crippen LogP contribution in [0.4, 0.5) is 5.69 Å². The van der Waals surface area contributed by atoms with Crippen molar-refractivity contribution < 1.29 is 0 Å². The van der Waals surface area contributed by atoms with Crippen molar-refractivity contribution in [3.63, 3.8) is 0 Å². The summed E-state index contributed by atoms with van der Waals surface area (Å²) in [5.74, 6) is 0. The van der Waals surface area contributed by atoms with E-state index in [1.54, 1.807) is 0 Å². The number of benzene rings is 1. The summed E-state index contributed by atoms with van der Waals surface area (Å²) in [6.45, 7) is 6.26. The van der Waals surface area contributed by atoms with E-state index in [0.29, 0.717) is 0 Å². The van der Waals surface area contributed by atoms with Crippen LogP contribution in [-0.2, 0) is 6.42 Å². The van der Waals surface area contributed by atoms with E-state index < -0.39 is 0 Å². The molecule has 0 bridgehead atoms. The second-order valence-corrected chi connectivity index (χ2v) is 4.17. The van der Waals surface area contributed by atoms with Gasteiger partial charge in [0, 0.05) is 18.8 Å². The first kappa shape index (κ1) is 12.8. The van der Waals surface area contributed by atoms with Gasteiger partial charge in [0.05, 0.1) is 0 Å². The van der Waals surface area contributed by atoms with Crippen LogP contribution in [0.3, 0.4) is 0 Å². The normalized spacial score (nSPS) is 15.4. The van der Waals surface area contributed by atoms with Gasteiger partial charge in [-0.25, -0.2) is 0 Å². The van der Waals surface area contributed by atoms with Crippen molar-refractivity contribution in [2.75, 3.05) is 18.0 Å². The third-order valence-corrected chi connectivity index (χ3v) is 3.05. The molecule has 0 saturated carbocycles. The highest BCUT2D eigenvalue weighted by Crippen LogP contribution is 2.24. The molecule has 0 radical (unpaired) electrons. The van der Waals surface area contributed by atoms with Crippen molar-refractivity contribution >= 4 is 5.69 Å². The molecule has 2 heteroatoms. The van der Waals surface area contributed by atoms with Crippen LogP contribution in [0.15, 0.2) is 36.9 Å². The molecule has 1 aliphatic heterocycles. The largest absolute Gasteiger partial charge is 0.371 e. The van der Waals surface area contributed by atoms with Gasteiger partial charge in [0.15, 0.2) is 0 Å². The fourth-order valence-electron chi connectivity index (χ4n) is 2.28. The first-order valence-corrected chi connectivity index (χ1v) is 5.85. The fraction of sp³-hybridized carbons (Fsp3) is 0.429. The smallest absolute Gasteiger partial charge is 0.0401 e. The first-order chi connectivity index (χ1) is 7.42. The SMILES string of the molecule is C=CCc1ccccc1N1CCCCC1.N. The fourth-order valence-corrected chi connectivity index (χ4v) is 2.28.